The van der Waals surface area contributed by atoms with Crippen LogP contribution >= 0.6 is 0 Å². The lowest BCUT2D eigenvalue weighted by molar-refractivity contribution is 0.416. The standard InChI is InChI=1S/C20H19N3O/c1-13-8-15-10-16-9-14(2)12-22-20(16)23(19(15)21-11-13)17-6-4-5-7-18(17)24-3/h4-9,11-12H,10H2,1-3H3. The van der Waals surface area contributed by atoms with E-state index in [9.17, 15) is 0 Å². The maximum Gasteiger partial charge on any atom is 0.142 e. The minimum Gasteiger partial charge on any atom is -0.495 e. The molecule has 0 spiro atoms. The van der Waals surface area contributed by atoms with Crippen LogP contribution in [0, 0.1) is 13.8 Å². The number of methoxy groups -OCH3 is 1. The number of hydrogen-bond donors (Lipinski definition) is 0. The lowest BCUT2D eigenvalue weighted by atomic mass is 9.98. The Balaban J connectivity index is 1.99. The maximum absolute atomic E-state index is 5.58. The molecule has 0 aliphatic carbocycles. The molecule has 0 saturated heterocycles. The van der Waals surface area contributed by atoms with E-state index in [1.165, 1.54) is 11.1 Å². The Kier molecular flexibility index (Phi) is 3.45. The van der Waals surface area contributed by atoms with Crippen molar-refractivity contribution in [2.45, 2.75) is 20.3 Å². The van der Waals surface area contributed by atoms with Crippen LogP contribution in [0.3, 0.4) is 0 Å². The first-order valence-corrected chi connectivity index (χ1v) is 8.01. The normalized spacial score (nSPS) is 12.5. The van der Waals surface area contributed by atoms with Crippen molar-refractivity contribution in [2.24, 2.45) is 0 Å². The summed E-state index contributed by atoms with van der Waals surface area (Å²) in [5.74, 6) is 2.66. The van der Waals surface area contributed by atoms with Crippen molar-refractivity contribution in [3.05, 3.63) is 71.0 Å². The second-order valence-electron chi connectivity index (χ2n) is 6.17. The summed E-state index contributed by atoms with van der Waals surface area (Å²) in [6.07, 6.45) is 4.65. The molecule has 120 valence electrons. The van der Waals surface area contributed by atoms with E-state index in [1.807, 2.05) is 36.7 Å². The fraction of sp³-hybridized carbons (Fsp3) is 0.200. The summed E-state index contributed by atoms with van der Waals surface area (Å²) >= 11 is 0. The van der Waals surface area contributed by atoms with Crippen LogP contribution in [0.5, 0.6) is 5.75 Å². The Morgan fingerprint density at radius 3 is 2.08 bits per heavy atom. The van der Waals surface area contributed by atoms with Gasteiger partial charge in [0, 0.05) is 29.9 Å². The predicted octanol–water partition coefficient (Wildman–Crippen LogP) is 4.48. The quantitative estimate of drug-likeness (QED) is 0.546. The van der Waals surface area contributed by atoms with Gasteiger partial charge in [-0.3, -0.25) is 4.90 Å². The van der Waals surface area contributed by atoms with Gasteiger partial charge in [0.15, 0.2) is 0 Å². The number of hydrogen-bond acceptors (Lipinski definition) is 4. The number of nitrogens with zero attached hydrogens (tertiary/aromatic N) is 3. The molecular weight excluding hydrogens is 298 g/mol. The van der Waals surface area contributed by atoms with Gasteiger partial charge < -0.3 is 4.74 Å². The van der Waals surface area contributed by atoms with Crippen LogP contribution in [0.25, 0.3) is 0 Å². The number of rotatable bonds is 2. The van der Waals surface area contributed by atoms with Crippen LogP contribution in [-0.4, -0.2) is 17.1 Å². The number of anilines is 3. The van der Waals surface area contributed by atoms with Crippen LogP contribution in [0.1, 0.15) is 22.3 Å². The van der Waals surface area contributed by atoms with Gasteiger partial charge in [-0.2, -0.15) is 0 Å². The molecule has 4 heteroatoms. The highest BCUT2D eigenvalue weighted by atomic mass is 16.5. The molecule has 0 bridgehead atoms. The lowest BCUT2D eigenvalue weighted by Crippen LogP contribution is -2.22. The van der Waals surface area contributed by atoms with Crippen molar-refractivity contribution in [2.75, 3.05) is 12.0 Å². The Morgan fingerprint density at radius 2 is 1.50 bits per heavy atom. The third kappa shape index (κ3) is 2.31. The van der Waals surface area contributed by atoms with Crippen molar-refractivity contribution in [1.29, 1.82) is 0 Å². The second-order valence-corrected chi connectivity index (χ2v) is 6.17. The zero-order valence-electron chi connectivity index (χ0n) is 14.1. The van der Waals surface area contributed by atoms with Crippen molar-refractivity contribution in [1.82, 2.24) is 9.97 Å². The van der Waals surface area contributed by atoms with Crippen molar-refractivity contribution >= 4 is 17.3 Å². The number of pyridine rings is 2. The van der Waals surface area contributed by atoms with E-state index in [1.54, 1.807) is 7.11 Å². The number of fused-ring (bicyclic) bond motifs is 2. The summed E-state index contributed by atoms with van der Waals surface area (Å²) in [4.78, 5) is 11.5. The zero-order valence-corrected chi connectivity index (χ0v) is 14.1. The van der Waals surface area contributed by atoms with Crippen LogP contribution in [0.2, 0.25) is 0 Å². The molecule has 0 amide bonds. The number of benzene rings is 1. The van der Waals surface area contributed by atoms with Crippen LogP contribution in [-0.2, 0) is 6.42 Å². The molecule has 4 nitrogen and oxygen atoms in total. The molecule has 0 saturated carbocycles. The van der Waals surface area contributed by atoms with Gasteiger partial charge in [-0.25, -0.2) is 9.97 Å². The highest BCUT2D eigenvalue weighted by molar-refractivity contribution is 5.82. The van der Waals surface area contributed by atoms with E-state index >= 15 is 0 Å². The number of aromatic nitrogens is 2. The van der Waals surface area contributed by atoms with Gasteiger partial charge in [-0.15, -0.1) is 0 Å². The zero-order chi connectivity index (χ0) is 16.7. The van der Waals surface area contributed by atoms with E-state index in [4.69, 9.17) is 14.7 Å². The Labute approximate surface area is 141 Å². The highest BCUT2D eigenvalue weighted by Gasteiger charge is 2.28. The van der Waals surface area contributed by atoms with Crippen LogP contribution in [0.15, 0.2) is 48.8 Å². The summed E-state index contributed by atoms with van der Waals surface area (Å²) < 4.78 is 5.58. The Bertz CT molecular complexity index is 869. The van der Waals surface area contributed by atoms with E-state index in [0.717, 1.165) is 40.6 Å². The molecule has 24 heavy (non-hydrogen) atoms. The van der Waals surface area contributed by atoms with E-state index in [-0.39, 0.29) is 0 Å². The van der Waals surface area contributed by atoms with E-state index in [0.29, 0.717) is 0 Å². The first-order valence-electron chi connectivity index (χ1n) is 8.01. The van der Waals surface area contributed by atoms with Gasteiger partial charge in [0.2, 0.25) is 0 Å². The molecule has 2 aromatic heterocycles. The number of ether oxygens (including phenoxy) is 1. The molecule has 0 N–H and O–H groups in total. The molecule has 0 fully saturated rings. The van der Waals surface area contributed by atoms with Gasteiger partial charge in [-0.05, 0) is 37.1 Å². The van der Waals surface area contributed by atoms with Gasteiger partial charge in [0.25, 0.3) is 0 Å². The summed E-state index contributed by atoms with van der Waals surface area (Å²) in [6, 6.07) is 12.4. The third-order valence-corrected chi connectivity index (χ3v) is 4.29. The molecule has 3 heterocycles. The van der Waals surface area contributed by atoms with Gasteiger partial charge in [0.1, 0.15) is 17.4 Å². The summed E-state index contributed by atoms with van der Waals surface area (Å²) in [7, 11) is 1.69. The summed E-state index contributed by atoms with van der Waals surface area (Å²) in [5, 5.41) is 0. The monoisotopic (exact) mass is 317 g/mol. The maximum atomic E-state index is 5.58. The molecular formula is C20H19N3O. The molecule has 1 aliphatic rings. The molecule has 1 aromatic carbocycles. The summed E-state index contributed by atoms with van der Waals surface area (Å²) in [6.45, 7) is 4.15. The fourth-order valence-corrected chi connectivity index (χ4v) is 3.26. The molecule has 3 aromatic rings. The largest absolute Gasteiger partial charge is 0.495 e. The van der Waals surface area contributed by atoms with Crippen LogP contribution in [0.4, 0.5) is 17.3 Å². The van der Waals surface area contributed by atoms with Gasteiger partial charge in [-0.1, -0.05) is 24.3 Å². The number of aryl methyl sites for hydroxylation is 2. The van der Waals surface area contributed by atoms with Gasteiger partial charge >= 0.3 is 0 Å². The molecule has 0 atom stereocenters. The topological polar surface area (TPSA) is 38.2 Å². The number of para-hydroxylation sites is 2. The first kappa shape index (κ1) is 14.7. The van der Waals surface area contributed by atoms with Crippen LogP contribution < -0.4 is 9.64 Å². The predicted molar refractivity (Wildman–Crippen MR) is 95.5 cm³/mol. The second kappa shape index (κ2) is 5.64. The average Bonchev–Trinajstić information content (AvgIpc) is 2.59. The molecule has 4 rings (SSSR count). The smallest absolute Gasteiger partial charge is 0.142 e. The third-order valence-electron chi connectivity index (χ3n) is 4.29. The molecule has 0 radical (unpaired) electrons. The highest BCUT2D eigenvalue weighted by Crippen LogP contribution is 2.44. The molecule has 0 unspecified atom stereocenters. The lowest BCUT2D eigenvalue weighted by Gasteiger charge is -2.32. The minimum absolute atomic E-state index is 0.807. The first-order chi connectivity index (χ1) is 11.7. The van der Waals surface area contributed by atoms with E-state index in [2.05, 4.69) is 30.9 Å². The fourth-order valence-electron chi connectivity index (χ4n) is 3.26. The van der Waals surface area contributed by atoms with Gasteiger partial charge in [0.05, 0.1) is 12.8 Å². The molecule has 1 aliphatic heterocycles. The van der Waals surface area contributed by atoms with E-state index < -0.39 is 0 Å². The summed E-state index contributed by atoms with van der Waals surface area (Å²) in [5.41, 5.74) is 5.70. The average molecular weight is 317 g/mol. The van der Waals surface area contributed by atoms with Crippen molar-refractivity contribution in [3.8, 4) is 5.75 Å². The Morgan fingerprint density at radius 1 is 0.917 bits per heavy atom. The SMILES string of the molecule is COc1ccccc1N1c2ncc(C)cc2Cc2cc(C)cnc21. The minimum atomic E-state index is 0.807. The van der Waals surface area contributed by atoms with Crippen molar-refractivity contribution in [3.63, 3.8) is 0 Å². The Hall–Kier alpha value is -2.88. The van der Waals surface area contributed by atoms with Crippen molar-refractivity contribution < 1.29 is 4.74 Å².